The predicted octanol–water partition coefficient (Wildman–Crippen LogP) is 2.36. The van der Waals surface area contributed by atoms with Crippen molar-refractivity contribution in [2.24, 2.45) is 0 Å². The second-order valence-corrected chi connectivity index (χ2v) is 5.59. The van der Waals surface area contributed by atoms with Crippen LogP contribution < -0.4 is 0 Å². The summed E-state index contributed by atoms with van der Waals surface area (Å²) in [5, 5.41) is 0.973. The van der Waals surface area contributed by atoms with Gasteiger partial charge >= 0.3 is 0 Å². The van der Waals surface area contributed by atoms with Gasteiger partial charge in [-0.25, -0.2) is 0 Å². The highest BCUT2D eigenvalue weighted by atomic mass is 32.2. The van der Waals surface area contributed by atoms with Crippen molar-refractivity contribution in [1.29, 1.82) is 0 Å². The Morgan fingerprint density at radius 2 is 2.17 bits per heavy atom. The molecule has 2 unspecified atom stereocenters. The molecule has 2 aliphatic rings. The van der Waals surface area contributed by atoms with Gasteiger partial charge in [0.2, 0.25) is 0 Å². The monoisotopic (exact) mass is 185 g/mol. The molecule has 0 aromatic heterocycles. The molecule has 0 aromatic carbocycles. The minimum Gasteiger partial charge on any atom is -0.296 e. The molecule has 0 bridgehead atoms. The summed E-state index contributed by atoms with van der Waals surface area (Å²) < 4.78 is 0. The normalized spacial score (nSPS) is 37.2. The van der Waals surface area contributed by atoms with E-state index in [2.05, 4.69) is 30.5 Å². The molecule has 2 atom stereocenters. The van der Waals surface area contributed by atoms with Crippen LogP contribution >= 0.6 is 11.8 Å². The standard InChI is InChI=1S/C10H19NS/c1-8(2)11-6-7-12-10-5-3-4-9(10)11/h8-10H,3-7H2,1-2H3. The molecule has 70 valence electrons. The summed E-state index contributed by atoms with van der Waals surface area (Å²) >= 11 is 2.21. The minimum atomic E-state index is 0.761. The maximum atomic E-state index is 2.72. The molecule has 1 saturated heterocycles. The predicted molar refractivity (Wildman–Crippen MR) is 55.7 cm³/mol. The van der Waals surface area contributed by atoms with Crippen LogP contribution in [0.15, 0.2) is 0 Å². The van der Waals surface area contributed by atoms with E-state index in [0.29, 0.717) is 0 Å². The van der Waals surface area contributed by atoms with E-state index in [1.807, 2.05) is 0 Å². The van der Waals surface area contributed by atoms with Gasteiger partial charge in [0.1, 0.15) is 0 Å². The molecule has 2 rings (SSSR count). The summed E-state index contributed by atoms with van der Waals surface area (Å²) in [5.41, 5.74) is 0. The van der Waals surface area contributed by atoms with Crippen molar-refractivity contribution in [1.82, 2.24) is 4.90 Å². The van der Waals surface area contributed by atoms with Crippen molar-refractivity contribution < 1.29 is 0 Å². The minimum absolute atomic E-state index is 0.761. The highest BCUT2D eigenvalue weighted by molar-refractivity contribution is 8.00. The first-order chi connectivity index (χ1) is 5.79. The molecule has 1 aliphatic carbocycles. The molecular formula is C10H19NS. The molecule has 1 nitrogen and oxygen atoms in total. The fourth-order valence-electron chi connectivity index (χ4n) is 2.60. The lowest BCUT2D eigenvalue weighted by Crippen LogP contribution is -2.48. The van der Waals surface area contributed by atoms with E-state index < -0.39 is 0 Å². The fourth-order valence-corrected chi connectivity index (χ4v) is 4.06. The van der Waals surface area contributed by atoms with Crippen LogP contribution in [0.4, 0.5) is 0 Å². The summed E-state index contributed by atoms with van der Waals surface area (Å²) in [4.78, 5) is 2.72. The van der Waals surface area contributed by atoms with Gasteiger partial charge in [-0.15, -0.1) is 0 Å². The van der Waals surface area contributed by atoms with Gasteiger partial charge in [-0.1, -0.05) is 6.42 Å². The van der Waals surface area contributed by atoms with Gasteiger partial charge in [0.25, 0.3) is 0 Å². The number of thioether (sulfide) groups is 1. The van der Waals surface area contributed by atoms with Crippen molar-refractivity contribution in [3.05, 3.63) is 0 Å². The number of rotatable bonds is 1. The van der Waals surface area contributed by atoms with Crippen LogP contribution in [0.3, 0.4) is 0 Å². The second-order valence-electron chi connectivity index (χ2n) is 4.24. The molecule has 1 aliphatic heterocycles. The zero-order valence-electron chi connectivity index (χ0n) is 8.12. The summed E-state index contributed by atoms with van der Waals surface area (Å²) in [6.07, 6.45) is 4.39. The SMILES string of the molecule is CC(C)N1CCSC2CCCC21. The van der Waals surface area contributed by atoms with Crippen molar-refractivity contribution in [3.8, 4) is 0 Å². The number of fused-ring (bicyclic) bond motifs is 1. The Bertz CT molecular complexity index is 158. The number of hydrogen-bond donors (Lipinski definition) is 0. The lowest BCUT2D eigenvalue weighted by molar-refractivity contribution is 0.163. The lowest BCUT2D eigenvalue weighted by atomic mass is 10.1. The number of hydrogen-bond acceptors (Lipinski definition) is 2. The van der Waals surface area contributed by atoms with Crippen LogP contribution in [0.2, 0.25) is 0 Å². The van der Waals surface area contributed by atoms with E-state index in [0.717, 1.165) is 17.3 Å². The Labute approximate surface area is 79.9 Å². The van der Waals surface area contributed by atoms with Crippen molar-refractivity contribution >= 4 is 11.8 Å². The van der Waals surface area contributed by atoms with Crippen LogP contribution in [-0.2, 0) is 0 Å². The molecule has 0 aromatic rings. The van der Waals surface area contributed by atoms with Crippen LogP contribution in [0.5, 0.6) is 0 Å². The smallest absolute Gasteiger partial charge is 0.0217 e. The fraction of sp³-hybridized carbons (Fsp3) is 1.00. The van der Waals surface area contributed by atoms with Crippen LogP contribution in [0.1, 0.15) is 33.1 Å². The first-order valence-electron chi connectivity index (χ1n) is 5.16. The highest BCUT2D eigenvalue weighted by Crippen LogP contribution is 2.37. The van der Waals surface area contributed by atoms with Gasteiger partial charge < -0.3 is 0 Å². The van der Waals surface area contributed by atoms with Gasteiger partial charge in [-0.2, -0.15) is 11.8 Å². The Morgan fingerprint density at radius 1 is 1.33 bits per heavy atom. The maximum absolute atomic E-state index is 2.72. The topological polar surface area (TPSA) is 3.24 Å². The average molecular weight is 185 g/mol. The molecular weight excluding hydrogens is 166 g/mol. The van der Waals surface area contributed by atoms with Gasteiger partial charge in [0, 0.05) is 29.6 Å². The Balaban J connectivity index is 2.03. The molecule has 0 spiro atoms. The molecule has 0 radical (unpaired) electrons. The van der Waals surface area contributed by atoms with Gasteiger partial charge in [0.05, 0.1) is 0 Å². The van der Waals surface area contributed by atoms with Crippen molar-refractivity contribution in [3.63, 3.8) is 0 Å². The van der Waals surface area contributed by atoms with Gasteiger partial charge in [-0.3, -0.25) is 4.90 Å². The Hall–Kier alpha value is 0.310. The van der Waals surface area contributed by atoms with E-state index in [4.69, 9.17) is 0 Å². The summed E-state index contributed by atoms with van der Waals surface area (Å²) in [5.74, 6) is 1.36. The molecule has 1 saturated carbocycles. The quantitative estimate of drug-likeness (QED) is 0.617. The van der Waals surface area contributed by atoms with E-state index in [-0.39, 0.29) is 0 Å². The molecule has 2 fully saturated rings. The molecule has 0 amide bonds. The van der Waals surface area contributed by atoms with Crippen molar-refractivity contribution in [2.75, 3.05) is 12.3 Å². The van der Waals surface area contributed by atoms with E-state index >= 15 is 0 Å². The zero-order chi connectivity index (χ0) is 8.55. The molecule has 0 N–H and O–H groups in total. The average Bonchev–Trinajstić information content (AvgIpc) is 2.49. The Morgan fingerprint density at radius 3 is 2.92 bits per heavy atom. The summed E-state index contributed by atoms with van der Waals surface area (Å²) in [6.45, 7) is 6.00. The van der Waals surface area contributed by atoms with E-state index in [9.17, 15) is 0 Å². The van der Waals surface area contributed by atoms with Crippen LogP contribution in [0.25, 0.3) is 0 Å². The van der Waals surface area contributed by atoms with Gasteiger partial charge in [-0.05, 0) is 26.7 Å². The van der Waals surface area contributed by atoms with Gasteiger partial charge in [0.15, 0.2) is 0 Å². The van der Waals surface area contributed by atoms with Crippen LogP contribution in [0, 0.1) is 0 Å². The summed E-state index contributed by atoms with van der Waals surface area (Å²) in [6, 6.07) is 1.68. The molecule has 2 heteroatoms. The maximum Gasteiger partial charge on any atom is 0.0217 e. The first-order valence-corrected chi connectivity index (χ1v) is 6.21. The van der Waals surface area contributed by atoms with E-state index in [1.165, 1.54) is 31.6 Å². The summed E-state index contributed by atoms with van der Waals surface area (Å²) in [7, 11) is 0. The zero-order valence-corrected chi connectivity index (χ0v) is 8.94. The largest absolute Gasteiger partial charge is 0.296 e. The highest BCUT2D eigenvalue weighted by Gasteiger charge is 2.36. The van der Waals surface area contributed by atoms with E-state index in [1.54, 1.807) is 0 Å². The second kappa shape index (κ2) is 3.59. The Kier molecular flexibility index (Phi) is 2.66. The van der Waals surface area contributed by atoms with Crippen LogP contribution in [-0.4, -0.2) is 34.5 Å². The van der Waals surface area contributed by atoms with Crippen molar-refractivity contribution in [2.45, 2.75) is 50.4 Å². The lowest BCUT2D eigenvalue weighted by Gasteiger charge is -2.40. The molecule has 12 heavy (non-hydrogen) atoms. The number of nitrogens with zero attached hydrogens (tertiary/aromatic N) is 1. The third kappa shape index (κ3) is 1.51. The first kappa shape index (κ1) is 8.89. The third-order valence-corrected chi connectivity index (χ3v) is 4.58. The third-order valence-electron chi connectivity index (χ3n) is 3.19. The molecule has 1 heterocycles.